The van der Waals surface area contributed by atoms with Gasteiger partial charge >= 0.3 is 0 Å². The smallest absolute Gasteiger partial charge is 0.258 e. The van der Waals surface area contributed by atoms with Gasteiger partial charge in [-0.15, -0.1) is 0 Å². The van der Waals surface area contributed by atoms with Crippen molar-refractivity contribution < 1.29 is 17.3 Å². The lowest BCUT2D eigenvalue weighted by molar-refractivity contribution is 0.372. The molecule has 0 amide bonds. The van der Waals surface area contributed by atoms with Crippen molar-refractivity contribution in [2.45, 2.75) is 62.4 Å². The highest BCUT2D eigenvalue weighted by molar-refractivity contribution is 7.89. The van der Waals surface area contributed by atoms with Gasteiger partial charge in [-0.25, -0.2) is 17.5 Å². The lowest BCUT2D eigenvalue weighted by Crippen LogP contribution is -2.40. The molecule has 0 atom stereocenters. The van der Waals surface area contributed by atoms with Gasteiger partial charge in [0.05, 0.1) is 5.54 Å². The summed E-state index contributed by atoms with van der Waals surface area (Å²) in [6.07, 6.45) is 3.53. The summed E-state index contributed by atoms with van der Waals surface area (Å²) in [6.45, 7) is 5.04. The maximum Gasteiger partial charge on any atom is 0.258 e. The standard InChI is InChI=1S/C17H23FN4O3S/c1-16(2,3)22-26(23,24)13-10-11(6-7-12(13)18)14-20-15(21-25-14)17(19)8-4-5-9-17/h6-7,10,22H,4-5,8-9,19H2,1-3H3. The van der Waals surface area contributed by atoms with Crippen LogP contribution in [0.5, 0.6) is 0 Å². The molecule has 3 rings (SSSR count). The van der Waals surface area contributed by atoms with Gasteiger partial charge in [0, 0.05) is 11.1 Å². The van der Waals surface area contributed by atoms with Gasteiger partial charge in [0.15, 0.2) is 5.82 Å². The highest BCUT2D eigenvalue weighted by Gasteiger charge is 2.36. The van der Waals surface area contributed by atoms with Crippen LogP contribution in [0.2, 0.25) is 0 Å². The fraction of sp³-hybridized carbons (Fsp3) is 0.529. The fourth-order valence-corrected chi connectivity index (χ4v) is 4.60. The van der Waals surface area contributed by atoms with Crippen molar-refractivity contribution in [3.63, 3.8) is 0 Å². The molecular formula is C17H23FN4O3S. The molecule has 0 aliphatic heterocycles. The van der Waals surface area contributed by atoms with E-state index in [1.807, 2.05) is 0 Å². The van der Waals surface area contributed by atoms with E-state index in [1.165, 1.54) is 12.1 Å². The van der Waals surface area contributed by atoms with E-state index in [0.717, 1.165) is 31.7 Å². The Labute approximate surface area is 152 Å². The molecule has 1 fully saturated rings. The van der Waals surface area contributed by atoms with Gasteiger partial charge in [-0.05, 0) is 51.8 Å². The molecule has 1 aromatic heterocycles. The summed E-state index contributed by atoms with van der Waals surface area (Å²) in [5, 5.41) is 3.95. The molecule has 0 saturated heterocycles. The topological polar surface area (TPSA) is 111 Å². The molecule has 9 heteroatoms. The molecule has 1 aliphatic carbocycles. The summed E-state index contributed by atoms with van der Waals surface area (Å²) < 4.78 is 46.8. The van der Waals surface area contributed by atoms with E-state index < -0.39 is 31.8 Å². The first-order valence-corrected chi connectivity index (χ1v) is 9.96. The highest BCUT2D eigenvalue weighted by Crippen LogP contribution is 2.35. The Morgan fingerprint density at radius 3 is 2.54 bits per heavy atom. The number of nitrogens with zero attached hydrogens (tertiary/aromatic N) is 2. The molecule has 26 heavy (non-hydrogen) atoms. The van der Waals surface area contributed by atoms with Crippen LogP contribution >= 0.6 is 0 Å². The monoisotopic (exact) mass is 382 g/mol. The molecule has 142 valence electrons. The third-order valence-corrected chi connectivity index (χ3v) is 6.05. The van der Waals surface area contributed by atoms with E-state index in [1.54, 1.807) is 20.8 Å². The van der Waals surface area contributed by atoms with Crippen LogP contribution < -0.4 is 10.5 Å². The summed E-state index contributed by atoms with van der Waals surface area (Å²) in [5.41, 5.74) is 5.27. The fourth-order valence-electron chi connectivity index (χ4n) is 3.07. The molecule has 0 spiro atoms. The van der Waals surface area contributed by atoms with Crippen LogP contribution in [0.25, 0.3) is 11.5 Å². The summed E-state index contributed by atoms with van der Waals surface area (Å²) in [6, 6.07) is 3.67. The number of nitrogens with two attached hydrogens (primary N) is 1. The molecule has 1 aromatic carbocycles. The number of hydrogen-bond donors (Lipinski definition) is 2. The SMILES string of the molecule is CC(C)(C)NS(=O)(=O)c1cc(-c2nc(C3(N)CCCC3)no2)ccc1F. The Balaban J connectivity index is 1.97. The Bertz CT molecular complexity index is 912. The molecule has 0 unspecified atom stereocenters. The van der Waals surface area contributed by atoms with Gasteiger partial charge in [-0.1, -0.05) is 18.0 Å². The predicted octanol–water partition coefficient (Wildman–Crippen LogP) is 2.68. The highest BCUT2D eigenvalue weighted by atomic mass is 32.2. The Morgan fingerprint density at radius 1 is 1.27 bits per heavy atom. The first kappa shape index (κ1) is 18.9. The third-order valence-electron chi connectivity index (χ3n) is 4.28. The second-order valence-electron chi connectivity index (χ2n) is 7.79. The Hall–Kier alpha value is -1.84. The van der Waals surface area contributed by atoms with Crippen LogP contribution in [0.3, 0.4) is 0 Å². The Morgan fingerprint density at radius 2 is 1.92 bits per heavy atom. The zero-order valence-electron chi connectivity index (χ0n) is 15.0. The minimum absolute atomic E-state index is 0.115. The van der Waals surface area contributed by atoms with Gasteiger partial charge in [0.2, 0.25) is 10.0 Å². The van der Waals surface area contributed by atoms with Gasteiger partial charge in [0.1, 0.15) is 10.7 Å². The molecule has 1 aliphatic rings. The van der Waals surface area contributed by atoms with E-state index in [9.17, 15) is 12.8 Å². The van der Waals surface area contributed by atoms with Crippen molar-refractivity contribution in [3.05, 3.63) is 29.8 Å². The lowest BCUT2D eigenvalue weighted by Gasteiger charge is -2.20. The first-order valence-electron chi connectivity index (χ1n) is 8.47. The van der Waals surface area contributed by atoms with Crippen molar-refractivity contribution in [1.82, 2.24) is 14.9 Å². The van der Waals surface area contributed by atoms with Gasteiger partial charge in [0.25, 0.3) is 5.89 Å². The van der Waals surface area contributed by atoms with Gasteiger partial charge in [-0.2, -0.15) is 4.98 Å². The minimum atomic E-state index is -4.04. The van der Waals surface area contributed by atoms with Crippen molar-refractivity contribution in [2.24, 2.45) is 5.73 Å². The summed E-state index contributed by atoms with van der Waals surface area (Å²) in [7, 11) is -4.04. The second-order valence-corrected chi connectivity index (χ2v) is 9.44. The number of rotatable bonds is 4. The summed E-state index contributed by atoms with van der Waals surface area (Å²) in [4.78, 5) is 3.86. The Kier molecular flexibility index (Phi) is 4.66. The maximum absolute atomic E-state index is 14.2. The number of aromatic nitrogens is 2. The number of nitrogens with one attached hydrogen (secondary N) is 1. The van der Waals surface area contributed by atoms with E-state index in [4.69, 9.17) is 10.3 Å². The predicted molar refractivity (Wildman–Crippen MR) is 94.1 cm³/mol. The van der Waals surface area contributed by atoms with Gasteiger partial charge < -0.3 is 10.3 Å². The minimum Gasteiger partial charge on any atom is -0.334 e. The van der Waals surface area contributed by atoms with Crippen LogP contribution in [-0.4, -0.2) is 24.1 Å². The third kappa shape index (κ3) is 3.79. The zero-order valence-corrected chi connectivity index (χ0v) is 15.9. The molecule has 0 bridgehead atoms. The second kappa shape index (κ2) is 6.40. The number of halogens is 1. The largest absolute Gasteiger partial charge is 0.334 e. The quantitative estimate of drug-likeness (QED) is 0.841. The molecule has 2 aromatic rings. The summed E-state index contributed by atoms with van der Waals surface area (Å²) >= 11 is 0. The average Bonchev–Trinajstić information content (AvgIpc) is 3.15. The molecule has 3 N–H and O–H groups in total. The van der Waals surface area contributed by atoms with E-state index >= 15 is 0 Å². The number of hydrogen-bond acceptors (Lipinski definition) is 6. The molecule has 1 heterocycles. The van der Waals surface area contributed by atoms with Crippen LogP contribution in [0.4, 0.5) is 4.39 Å². The van der Waals surface area contributed by atoms with Crippen LogP contribution in [0, 0.1) is 5.82 Å². The normalized spacial score (nSPS) is 17.6. The van der Waals surface area contributed by atoms with Crippen molar-refractivity contribution >= 4 is 10.0 Å². The average molecular weight is 382 g/mol. The van der Waals surface area contributed by atoms with E-state index in [2.05, 4.69) is 14.9 Å². The first-order chi connectivity index (χ1) is 12.0. The molecule has 7 nitrogen and oxygen atoms in total. The van der Waals surface area contributed by atoms with Crippen molar-refractivity contribution in [3.8, 4) is 11.5 Å². The van der Waals surface area contributed by atoms with E-state index in [-0.39, 0.29) is 5.89 Å². The zero-order chi connectivity index (χ0) is 19.2. The molecule has 1 saturated carbocycles. The van der Waals surface area contributed by atoms with Gasteiger partial charge in [-0.3, -0.25) is 0 Å². The van der Waals surface area contributed by atoms with Crippen LogP contribution in [-0.2, 0) is 15.6 Å². The number of sulfonamides is 1. The molecular weight excluding hydrogens is 359 g/mol. The maximum atomic E-state index is 14.2. The van der Waals surface area contributed by atoms with Crippen LogP contribution in [0.15, 0.2) is 27.6 Å². The van der Waals surface area contributed by atoms with E-state index in [0.29, 0.717) is 11.4 Å². The summed E-state index contributed by atoms with van der Waals surface area (Å²) in [5.74, 6) is -0.341. The number of benzene rings is 1. The van der Waals surface area contributed by atoms with Crippen molar-refractivity contribution in [1.29, 1.82) is 0 Å². The molecule has 0 radical (unpaired) electrons. The lowest BCUT2D eigenvalue weighted by atomic mass is 9.99. The van der Waals surface area contributed by atoms with Crippen molar-refractivity contribution in [2.75, 3.05) is 0 Å². The van der Waals surface area contributed by atoms with Crippen LogP contribution in [0.1, 0.15) is 52.3 Å².